The zero-order valence-electron chi connectivity index (χ0n) is 13.0. The van der Waals surface area contributed by atoms with E-state index in [1.807, 2.05) is 0 Å². The standard InChI is InChI=1S/C16H32O3S/c1-2-12-15-13-10-8-6-4-3-5-7-9-11-14-16(15)20(17,18)19/h15-16H,2-14H2,1H3,(H,17,18,19). The van der Waals surface area contributed by atoms with Crippen molar-refractivity contribution in [1.29, 1.82) is 0 Å². The van der Waals surface area contributed by atoms with Gasteiger partial charge in [-0.2, -0.15) is 8.42 Å². The van der Waals surface area contributed by atoms with Crippen molar-refractivity contribution in [2.24, 2.45) is 5.92 Å². The van der Waals surface area contributed by atoms with E-state index >= 15 is 0 Å². The minimum Gasteiger partial charge on any atom is -0.285 e. The predicted molar refractivity (Wildman–Crippen MR) is 84.5 cm³/mol. The van der Waals surface area contributed by atoms with Crippen LogP contribution in [0, 0.1) is 5.92 Å². The van der Waals surface area contributed by atoms with Crippen molar-refractivity contribution in [3.63, 3.8) is 0 Å². The zero-order chi connectivity index (χ0) is 14.8. The molecule has 1 rings (SSSR count). The summed E-state index contributed by atoms with van der Waals surface area (Å²) < 4.78 is 33.0. The molecular formula is C16H32O3S. The van der Waals surface area contributed by atoms with Gasteiger partial charge in [-0.15, -0.1) is 0 Å². The van der Waals surface area contributed by atoms with E-state index in [0.717, 1.165) is 38.5 Å². The normalized spacial score (nSPS) is 28.1. The van der Waals surface area contributed by atoms with Crippen LogP contribution in [0.25, 0.3) is 0 Å². The molecule has 0 aromatic carbocycles. The van der Waals surface area contributed by atoms with E-state index in [1.165, 1.54) is 38.5 Å². The van der Waals surface area contributed by atoms with Gasteiger partial charge in [0, 0.05) is 0 Å². The smallest absolute Gasteiger partial charge is 0.268 e. The molecule has 4 heteroatoms. The Kier molecular flexibility index (Phi) is 8.78. The third-order valence-electron chi connectivity index (χ3n) is 4.63. The molecular weight excluding hydrogens is 272 g/mol. The maximum atomic E-state index is 11.7. The van der Waals surface area contributed by atoms with Crippen LogP contribution in [0.15, 0.2) is 0 Å². The van der Waals surface area contributed by atoms with Crippen molar-refractivity contribution < 1.29 is 13.0 Å². The average molecular weight is 304 g/mol. The van der Waals surface area contributed by atoms with E-state index in [0.29, 0.717) is 6.42 Å². The fourth-order valence-electron chi connectivity index (χ4n) is 3.50. The topological polar surface area (TPSA) is 54.4 Å². The van der Waals surface area contributed by atoms with Gasteiger partial charge in [-0.05, 0) is 25.2 Å². The van der Waals surface area contributed by atoms with Gasteiger partial charge in [0.25, 0.3) is 10.1 Å². The Labute approximate surface area is 125 Å². The maximum Gasteiger partial charge on any atom is 0.268 e. The largest absolute Gasteiger partial charge is 0.285 e. The third kappa shape index (κ3) is 7.07. The highest BCUT2D eigenvalue weighted by atomic mass is 32.2. The summed E-state index contributed by atoms with van der Waals surface area (Å²) in [4.78, 5) is 0. The van der Waals surface area contributed by atoms with Gasteiger partial charge in [-0.25, -0.2) is 0 Å². The number of hydrogen-bond donors (Lipinski definition) is 1. The first-order chi connectivity index (χ1) is 9.55. The average Bonchev–Trinajstić information content (AvgIpc) is 2.39. The molecule has 120 valence electrons. The van der Waals surface area contributed by atoms with Gasteiger partial charge in [0.2, 0.25) is 0 Å². The first-order valence-corrected chi connectivity index (χ1v) is 10.0. The van der Waals surface area contributed by atoms with Crippen molar-refractivity contribution in [1.82, 2.24) is 0 Å². The summed E-state index contributed by atoms with van der Waals surface area (Å²) in [6.07, 6.45) is 14.3. The summed E-state index contributed by atoms with van der Waals surface area (Å²) in [6, 6.07) is 0. The van der Waals surface area contributed by atoms with Crippen LogP contribution in [0.1, 0.15) is 90.4 Å². The summed E-state index contributed by atoms with van der Waals surface area (Å²) in [7, 11) is -3.90. The Hall–Kier alpha value is -0.0900. The van der Waals surface area contributed by atoms with Gasteiger partial charge >= 0.3 is 0 Å². The fourth-order valence-corrected chi connectivity index (χ4v) is 4.73. The Morgan fingerprint density at radius 2 is 1.30 bits per heavy atom. The molecule has 1 saturated carbocycles. The lowest BCUT2D eigenvalue weighted by molar-refractivity contribution is 0.355. The first kappa shape index (κ1) is 18.0. The Morgan fingerprint density at radius 1 is 0.850 bits per heavy atom. The molecule has 0 saturated heterocycles. The molecule has 0 aromatic heterocycles. The van der Waals surface area contributed by atoms with Crippen LogP contribution in [0.5, 0.6) is 0 Å². The molecule has 0 aromatic rings. The highest BCUT2D eigenvalue weighted by Gasteiger charge is 2.30. The minimum atomic E-state index is -3.90. The van der Waals surface area contributed by atoms with Crippen LogP contribution >= 0.6 is 0 Å². The third-order valence-corrected chi connectivity index (χ3v) is 6.02. The predicted octanol–water partition coefficient (Wildman–Crippen LogP) is 4.96. The number of rotatable bonds is 3. The highest BCUT2D eigenvalue weighted by molar-refractivity contribution is 7.86. The molecule has 0 radical (unpaired) electrons. The molecule has 2 unspecified atom stereocenters. The van der Waals surface area contributed by atoms with Crippen LogP contribution < -0.4 is 0 Å². The van der Waals surface area contributed by atoms with E-state index in [2.05, 4.69) is 6.92 Å². The quantitative estimate of drug-likeness (QED) is 0.749. The van der Waals surface area contributed by atoms with Crippen molar-refractivity contribution >= 4 is 10.1 Å². The SMILES string of the molecule is CCCC1CCCCCCCCCCCC1S(=O)(=O)O. The van der Waals surface area contributed by atoms with Gasteiger partial charge in [0.05, 0.1) is 5.25 Å². The molecule has 0 bridgehead atoms. The second-order valence-corrected chi connectivity index (χ2v) is 8.00. The summed E-state index contributed by atoms with van der Waals surface area (Å²) in [5, 5.41) is -0.525. The van der Waals surface area contributed by atoms with E-state index < -0.39 is 15.4 Å². The van der Waals surface area contributed by atoms with E-state index in [9.17, 15) is 13.0 Å². The summed E-state index contributed by atoms with van der Waals surface area (Å²) in [6.45, 7) is 2.10. The molecule has 0 amide bonds. The molecule has 0 heterocycles. The summed E-state index contributed by atoms with van der Waals surface area (Å²) >= 11 is 0. The Bertz CT molecular complexity index is 338. The summed E-state index contributed by atoms with van der Waals surface area (Å²) in [5.41, 5.74) is 0. The van der Waals surface area contributed by atoms with Gasteiger partial charge < -0.3 is 0 Å². The van der Waals surface area contributed by atoms with E-state index in [-0.39, 0.29) is 5.92 Å². The molecule has 1 fully saturated rings. The molecule has 0 spiro atoms. The van der Waals surface area contributed by atoms with Gasteiger partial charge in [0.15, 0.2) is 0 Å². The first-order valence-electron chi connectivity index (χ1n) is 8.52. The lowest BCUT2D eigenvalue weighted by Gasteiger charge is -2.24. The zero-order valence-corrected chi connectivity index (χ0v) is 13.8. The van der Waals surface area contributed by atoms with Crippen LogP contribution in [0.4, 0.5) is 0 Å². The Balaban J connectivity index is 2.69. The van der Waals surface area contributed by atoms with Crippen molar-refractivity contribution in [3.05, 3.63) is 0 Å². The van der Waals surface area contributed by atoms with Gasteiger partial charge in [-0.3, -0.25) is 4.55 Å². The highest BCUT2D eigenvalue weighted by Crippen LogP contribution is 2.28. The van der Waals surface area contributed by atoms with Crippen molar-refractivity contribution in [3.8, 4) is 0 Å². The molecule has 0 aliphatic heterocycles. The lowest BCUT2D eigenvalue weighted by atomic mass is 9.90. The molecule has 1 aliphatic rings. The van der Waals surface area contributed by atoms with Crippen molar-refractivity contribution in [2.45, 2.75) is 95.6 Å². The van der Waals surface area contributed by atoms with Crippen LogP contribution in [0.2, 0.25) is 0 Å². The second-order valence-electron chi connectivity index (χ2n) is 6.36. The fraction of sp³-hybridized carbons (Fsp3) is 1.00. The molecule has 1 N–H and O–H groups in total. The molecule has 3 nitrogen and oxygen atoms in total. The van der Waals surface area contributed by atoms with E-state index in [1.54, 1.807) is 0 Å². The second kappa shape index (κ2) is 9.78. The maximum absolute atomic E-state index is 11.7. The monoisotopic (exact) mass is 304 g/mol. The lowest BCUT2D eigenvalue weighted by Crippen LogP contribution is -2.29. The molecule has 1 aliphatic carbocycles. The van der Waals surface area contributed by atoms with Crippen LogP contribution in [0.3, 0.4) is 0 Å². The van der Waals surface area contributed by atoms with E-state index in [4.69, 9.17) is 0 Å². The minimum absolute atomic E-state index is 0.149. The van der Waals surface area contributed by atoms with Crippen LogP contribution in [-0.4, -0.2) is 18.2 Å². The summed E-state index contributed by atoms with van der Waals surface area (Å²) in [5.74, 6) is 0.149. The number of hydrogen-bond acceptors (Lipinski definition) is 2. The molecule has 2 atom stereocenters. The van der Waals surface area contributed by atoms with Crippen LogP contribution in [-0.2, 0) is 10.1 Å². The van der Waals surface area contributed by atoms with Gasteiger partial charge in [0.1, 0.15) is 0 Å². The molecule has 20 heavy (non-hydrogen) atoms. The van der Waals surface area contributed by atoms with Gasteiger partial charge in [-0.1, -0.05) is 71.1 Å². The van der Waals surface area contributed by atoms with Crippen molar-refractivity contribution in [2.75, 3.05) is 0 Å². The Morgan fingerprint density at radius 3 is 1.75 bits per heavy atom.